The van der Waals surface area contributed by atoms with Crippen LogP contribution in [-0.2, 0) is 17.8 Å². The van der Waals surface area contributed by atoms with Gasteiger partial charge in [-0.05, 0) is 50.2 Å². The second-order valence-corrected chi connectivity index (χ2v) is 7.49. The summed E-state index contributed by atoms with van der Waals surface area (Å²) in [7, 11) is 1.67. The minimum absolute atomic E-state index is 0.124. The van der Waals surface area contributed by atoms with Crippen molar-refractivity contribution in [2.75, 3.05) is 7.05 Å². The van der Waals surface area contributed by atoms with E-state index in [1.807, 2.05) is 19.9 Å². The third-order valence-electron chi connectivity index (χ3n) is 5.31. The fraction of sp³-hybridized carbons (Fsp3) is 0.217. The molecule has 0 bridgehead atoms. The van der Waals surface area contributed by atoms with Gasteiger partial charge in [0.2, 0.25) is 5.91 Å². The van der Waals surface area contributed by atoms with Crippen LogP contribution < -0.4 is 5.56 Å². The van der Waals surface area contributed by atoms with Crippen molar-refractivity contribution < 1.29 is 9.18 Å². The number of aromatic nitrogens is 4. The average molecular weight is 419 g/mol. The van der Waals surface area contributed by atoms with Gasteiger partial charge in [-0.3, -0.25) is 9.59 Å². The zero-order valence-electron chi connectivity index (χ0n) is 17.5. The Morgan fingerprint density at radius 3 is 2.58 bits per heavy atom. The molecule has 158 valence electrons. The Hall–Kier alpha value is -3.81. The normalized spacial score (nSPS) is 11.1. The van der Waals surface area contributed by atoms with Crippen molar-refractivity contribution in [3.05, 3.63) is 87.5 Å². The lowest BCUT2D eigenvalue weighted by Crippen LogP contribution is -2.30. The topological polar surface area (TPSA) is 83.9 Å². The second-order valence-electron chi connectivity index (χ2n) is 7.49. The molecule has 0 fully saturated rings. The Balaban J connectivity index is 1.53. The number of hydrogen-bond acceptors (Lipinski definition) is 4. The number of aromatic amines is 1. The number of para-hydroxylation sites is 1. The van der Waals surface area contributed by atoms with Gasteiger partial charge in [0.1, 0.15) is 11.6 Å². The number of hydrogen-bond donors (Lipinski definition) is 1. The molecule has 31 heavy (non-hydrogen) atoms. The number of amides is 1. The molecular formula is C23H22FN5O2. The summed E-state index contributed by atoms with van der Waals surface area (Å²) < 4.78 is 14.9. The molecule has 0 radical (unpaired) electrons. The van der Waals surface area contributed by atoms with E-state index in [9.17, 15) is 14.0 Å². The summed E-state index contributed by atoms with van der Waals surface area (Å²) in [5.74, 6) is -0.0155. The number of nitrogens with zero attached hydrogens (tertiary/aromatic N) is 4. The summed E-state index contributed by atoms with van der Waals surface area (Å²) in [6.07, 6.45) is 0.160. The fourth-order valence-electron chi connectivity index (χ4n) is 3.57. The van der Waals surface area contributed by atoms with E-state index in [-0.39, 0.29) is 30.2 Å². The second kappa shape index (κ2) is 8.14. The van der Waals surface area contributed by atoms with E-state index in [0.717, 1.165) is 22.6 Å². The molecule has 2 aromatic carbocycles. The van der Waals surface area contributed by atoms with Crippen LogP contribution >= 0.6 is 0 Å². The largest absolute Gasteiger partial charge is 0.338 e. The molecule has 0 saturated heterocycles. The summed E-state index contributed by atoms with van der Waals surface area (Å²) in [6, 6.07) is 13.1. The highest BCUT2D eigenvalue weighted by Crippen LogP contribution is 2.19. The van der Waals surface area contributed by atoms with E-state index >= 15 is 0 Å². The molecule has 1 N–H and O–H groups in total. The molecular weight excluding hydrogens is 397 g/mol. The number of H-pyrrole nitrogens is 1. The molecule has 1 amide bonds. The maximum absolute atomic E-state index is 13.2. The number of rotatable bonds is 5. The van der Waals surface area contributed by atoms with Gasteiger partial charge >= 0.3 is 0 Å². The van der Waals surface area contributed by atoms with Crippen LogP contribution in [0.2, 0.25) is 0 Å². The number of carbonyl (C=O) groups is 1. The number of carbonyl (C=O) groups excluding carboxylic acids is 1. The lowest BCUT2D eigenvalue weighted by molar-refractivity contribution is -0.129. The molecule has 0 unspecified atom stereocenters. The predicted octanol–water partition coefficient (Wildman–Crippen LogP) is 3.07. The third-order valence-corrected chi connectivity index (χ3v) is 5.31. The summed E-state index contributed by atoms with van der Waals surface area (Å²) in [4.78, 5) is 33.9. The van der Waals surface area contributed by atoms with Gasteiger partial charge in [-0.25, -0.2) is 14.1 Å². The quantitative estimate of drug-likeness (QED) is 0.539. The molecule has 4 rings (SSSR count). The Morgan fingerprint density at radius 1 is 1.13 bits per heavy atom. The lowest BCUT2D eigenvalue weighted by Gasteiger charge is -2.17. The highest BCUT2D eigenvalue weighted by Gasteiger charge is 2.19. The SMILES string of the molecule is Cc1nn(-c2ccc(F)cc2)c(C)c1CC(=O)N(C)Cc1nc2ccccc2c(=O)[nH]1. The van der Waals surface area contributed by atoms with Gasteiger partial charge in [0.25, 0.3) is 5.56 Å². The van der Waals surface area contributed by atoms with Crippen molar-refractivity contribution in [1.29, 1.82) is 0 Å². The molecule has 0 spiro atoms. The van der Waals surface area contributed by atoms with E-state index in [1.54, 1.807) is 42.1 Å². The molecule has 0 aliphatic carbocycles. The Bertz CT molecular complexity index is 1320. The van der Waals surface area contributed by atoms with Crippen LogP contribution in [0.3, 0.4) is 0 Å². The maximum atomic E-state index is 13.2. The number of aryl methyl sites for hydroxylation is 1. The van der Waals surface area contributed by atoms with Crippen LogP contribution in [0.4, 0.5) is 4.39 Å². The molecule has 2 aromatic heterocycles. The van der Waals surface area contributed by atoms with Crippen molar-refractivity contribution in [3.8, 4) is 5.69 Å². The van der Waals surface area contributed by atoms with Crippen molar-refractivity contribution >= 4 is 16.8 Å². The van der Waals surface area contributed by atoms with Gasteiger partial charge in [-0.2, -0.15) is 5.10 Å². The zero-order chi connectivity index (χ0) is 22.1. The van der Waals surface area contributed by atoms with Gasteiger partial charge in [0.15, 0.2) is 0 Å². The summed E-state index contributed by atoms with van der Waals surface area (Å²) >= 11 is 0. The number of likely N-dealkylation sites (N-methyl/N-ethyl adjacent to an activating group) is 1. The third kappa shape index (κ3) is 4.09. The van der Waals surface area contributed by atoms with Gasteiger partial charge in [0, 0.05) is 18.3 Å². The minimum Gasteiger partial charge on any atom is -0.338 e. The van der Waals surface area contributed by atoms with Crippen LogP contribution in [-0.4, -0.2) is 37.6 Å². The first-order valence-electron chi connectivity index (χ1n) is 9.86. The standard InChI is InChI=1S/C23H22FN5O2/c1-14-19(15(2)29(27-14)17-10-8-16(24)9-11-17)12-22(30)28(3)13-21-25-20-7-5-4-6-18(20)23(31)26-21/h4-11H,12-13H2,1-3H3,(H,25,26,31). The van der Waals surface area contributed by atoms with Crippen LogP contribution in [0.5, 0.6) is 0 Å². The van der Waals surface area contributed by atoms with Crippen molar-refractivity contribution in [3.63, 3.8) is 0 Å². The molecule has 8 heteroatoms. The first kappa shape index (κ1) is 20.5. The first-order valence-corrected chi connectivity index (χ1v) is 9.86. The average Bonchev–Trinajstić information content (AvgIpc) is 3.02. The monoisotopic (exact) mass is 419 g/mol. The van der Waals surface area contributed by atoms with E-state index < -0.39 is 0 Å². The van der Waals surface area contributed by atoms with Gasteiger partial charge in [0.05, 0.1) is 35.2 Å². The Kier molecular flexibility index (Phi) is 5.37. The number of nitrogens with one attached hydrogen (secondary N) is 1. The van der Waals surface area contributed by atoms with Gasteiger partial charge in [-0.1, -0.05) is 12.1 Å². The fourth-order valence-corrected chi connectivity index (χ4v) is 3.57. The summed E-state index contributed by atoms with van der Waals surface area (Å²) in [5.41, 5.74) is 3.47. The van der Waals surface area contributed by atoms with Crippen molar-refractivity contribution in [1.82, 2.24) is 24.6 Å². The molecule has 2 heterocycles. The molecule has 4 aromatic rings. The molecule has 7 nitrogen and oxygen atoms in total. The summed E-state index contributed by atoms with van der Waals surface area (Å²) in [6.45, 7) is 3.91. The minimum atomic E-state index is -0.317. The van der Waals surface area contributed by atoms with E-state index in [4.69, 9.17) is 0 Å². The molecule has 0 saturated carbocycles. The highest BCUT2D eigenvalue weighted by molar-refractivity contribution is 5.79. The number of halogens is 1. The van der Waals surface area contributed by atoms with Gasteiger partial charge in [-0.15, -0.1) is 0 Å². The van der Waals surface area contributed by atoms with Crippen LogP contribution in [0.15, 0.2) is 53.3 Å². The predicted molar refractivity (Wildman–Crippen MR) is 116 cm³/mol. The van der Waals surface area contributed by atoms with Crippen molar-refractivity contribution in [2.24, 2.45) is 0 Å². The zero-order valence-corrected chi connectivity index (χ0v) is 17.5. The Morgan fingerprint density at radius 2 is 1.84 bits per heavy atom. The molecule has 0 aliphatic rings. The summed E-state index contributed by atoms with van der Waals surface area (Å²) in [5, 5.41) is 5.03. The molecule has 0 aliphatic heterocycles. The van der Waals surface area contributed by atoms with Crippen LogP contribution in [0.1, 0.15) is 22.8 Å². The van der Waals surface area contributed by atoms with Crippen molar-refractivity contribution in [2.45, 2.75) is 26.8 Å². The van der Waals surface area contributed by atoms with E-state index in [0.29, 0.717) is 16.7 Å². The first-order chi connectivity index (χ1) is 14.8. The number of benzene rings is 2. The molecule has 0 atom stereocenters. The Labute approximate surface area is 178 Å². The van der Waals surface area contributed by atoms with E-state index in [2.05, 4.69) is 15.1 Å². The van der Waals surface area contributed by atoms with Crippen LogP contribution in [0, 0.1) is 19.7 Å². The van der Waals surface area contributed by atoms with E-state index in [1.165, 1.54) is 17.0 Å². The maximum Gasteiger partial charge on any atom is 0.258 e. The van der Waals surface area contributed by atoms with Gasteiger partial charge < -0.3 is 9.88 Å². The smallest absolute Gasteiger partial charge is 0.258 e. The lowest BCUT2D eigenvalue weighted by atomic mass is 10.1. The highest BCUT2D eigenvalue weighted by atomic mass is 19.1. The van der Waals surface area contributed by atoms with Crippen LogP contribution in [0.25, 0.3) is 16.6 Å². The number of fused-ring (bicyclic) bond motifs is 1.